The lowest BCUT2D eigenvalue weighted by atomic mass is 9.74. The number of allylic oxidation sites excluding steroid dienone is 4. The molecule has 4 N–H and O–H groups in total. The molecule has 228 valence electrons. The van der Waals surface area contributed by atoms with E-state index in [1.54, 1.807) is 0 Å². The van der Waals surface area contributed by atoms with E-state index in [0.29, 0.717) is 24.1 Å². The molecule has 0 saturated carbocycles. The lowest BCUT2D eigenvalue weighted by Gasteiger charge is -2.18. The van der Waals surface area contributed by atoms with Crippen LogP contribution in [0.2, 0.25) is 0 Å². The normalized spacial score (nSPS) is 15.2. The molecule has 0 aliphatic heterocycles. The molecular formula is C28H28BBrF6O6. The van der Waals surface area contributed by atoms with Crippen LogP contribution < -0.4 is 0 Å². The van der Waals surface area contributed by atoms with Gasteiger partial charge in [0, 0.05) is 4.47 Å². The van der Waals surface area contributed by atoms with Gasteiger partial charge in [-0.15, -0.1) is 0 Å². The second-order valence-corrected chi connectivity index (χ2v) is 10.3. The first kappa shape index (κ1) is 35.1. The zero-order valence-corrected chi connectivity index (χ0v) is 23.7. The van der Waals surface area contributed by atoms with E-state index in [1.165, 1.54) is 18.6 Å². The van der Waals surface area contributed by atoms with Crippen molar-refractivity contribution in [2.24, 2.45) is 0 Å². The van der Waals surface area contributed by atoms with Crippen LogP contribution in [-0.4, -0.2) is 39.3 Å². The fraction of sp³-hybridized carbons (Fsp3) is 0.357. The van der Waals surface area contributed by atoms with Crippen LogP contribution in [0.4, 0.5) is 26.3 Å². The fourth-order valence-electron chi connectivity index (χ4n) is 4.25. The maximum atomic E-state index is 13.0. The van der Waals surface area contributed by atoms with Crippen molar-refractivity contribution in [1.82, 2.24) is 0 Å². The lowest BCUT2D eigenvalue weighted by molar-refractivity contribution is -0.138. The minimum atomic E-state index is -4.55. The maximum Gasteiger partial charge on any atom is 0.483 e. The minimum Gasteiger partial charge on any atom is -0.478 e. The molecule has 42 heavy (non-hydrogen) atoms. The Kier molecular flexibility index (Phi) is 12.9. The van der Waals surface area contributed by atoms with Gasteiger partial charge in [0.1, 0.15) is 0 Å². The third kappa shape index (κ3) is 10.6. The Morgan fingerprint density at radius 1 is 0.714 bits per heavy atom. The highest BCUT2D eigenvalue weighted by Crippen LogP contribution is 2.38. The van der Waals surface area contributed by atoms with Gasteiger partial charge in [0.2, 0.25) is 0 Å². The van der Waals surface area contributed by atoms with E-state index in [1.807, 2.05) is 12.2 Å². The molecule has 2 aromatic carbocycles. The van der Waals surface area contributed by atoms with Crippen LogP contribution >= 0.6 is 15.9 Å². The predicted octanol–water partition coefficient (Wildman–Crippen LogP) is 8.03. The number of carbonyl (C=O) groups is 2. The largest absolute Gasteiger partial charge is 0.483 e. The highest BCUT2D eigenvalue weighted by atomic mass is 79.9. The summed E-state index contributed by atoms with van der Waals surface area (Å²) >= 11 is 2.70. The second kappa shape index (κ2) is 15.4. The average Bonchev–Trinajstić information content (AvgIpc) is 2.93. The van der Waals surface area contributed by atoms with Crippen LogP contribution in [0, 0.1) is 0 Å². The molecule has 0 unspecified atom stereocenters. The monoisotopic (exact) mass is 664 g/mol. The average molecular weight is 665 g/mol. The summed E-state index contributed by atoms with van der Waals surface area (Å²) in [5.74, 6) is -2.74. The number of aromatic carboxylic acids is 2. The number of carboxylic acid groups (broad SMARTS) is 2. The molecule has 0 amide bonds. The van der Waals surface area contributed by atoms with Crippen LogP contribution in [0.5, 0.6) is 0 Å². The van der Waals surface area contributed by atoms with Gasteiger partial charge in [-0.05, 0) is 98.3 Å². The van der Waals surface area contributed by atoms with Crippen molar-refractivity contribution in [3.05, 3.63) is 86.3 Å². The third-order valence-electron chi connectivity index (χ3n) is 6.39. The van der Waals surface area contributed by atoms with Crippen LogP contribution in [-0.2, 0) is 12.4 Å². The molecular weight excluding hydrogens is 637 g/mol. The first-order chi connectivity index (χ1) is 19.5. The van der Waals surface area contributed by atoms with Gasteiger partial charge in [-0.3, -0.25) is 0 Å². The van der Waals surface area contributed by atoms with E-state index in [4.69, 9.17) is 20.3 Å². The zero-order chi connectivity index (χ0) is 31.7. The smallest absolute Gasteiger partial charge is 0.478 e. The number of carboxylic acids is 2. The lowest BCUT2D eigenvalue weighted by Crippen LogP contribution is -2.16. The molecule has 2 aliphatic rings. The molecule has 0 radical (unpaired) electrons. The molecule has 0 atom stereocenters. The molecule has 6 nitrogen and oxygen atoms in total. The van der Waals surface area contributed by atoms with Crippen molar-refractivity contribution in [3.8, 4) is 0 Å². The molecule has 0 heterocycles. The summed E-state index contributed by atoms with van der Waals surface area (Å²) in [5.41, 5.74) is -1.01. The van der Waals surface area contributed by atoms with Gasteiger partial charge in [0.25, 0.3) is 0 Å². The van der Waals surface area contributed by atoms with Crippen LogP contribution in [0.3, 0.4) is 0 Å². The molecule has 4 rings (SSSR count). The molecule has 0 spiro atoms. The number of rotatable bonds is 4. The Hall–Kier alpha value is -3.10. The quantitative estimate of drug-likeness (QED) is 0.194. The highest BCUT2D eigenvalue weighted by Gasteiger charge is 2.35. The molecule has 0 fully saturated rings. The number of alkyl halides is 6. The van der Waals surface area contributed by atoms with Crippen molar-refractivity contribution in [2.45, 2.75) is 63.7 Å². The van der Waals surface area contributed by atoms with Gasteiger partial charge in [0.15, 0.2) is 0 Å². The standard InChI is InChI=1S/C14H13F3O2.C8H4BrF3O2.C6H11BO2/c15-14(16,17)12-8-10(13(18)19)6-7-11(12)9-4-2-1-3-5-9;9-6-2-1-4(7(13)14)3-5(6)8(10,11)12;8-7(9)6-4-2-1-3-5-6/h4,6-8H,1-3,5H2,(H,18,19);1-3H,(H,13,14);4,8-9H,1-3,5H2. The van der Waals surface area contributed by atoms with Crippen molar-refractivity contribution in [1.29, 1.82) is 0 Å². The second-order valence-electron chi connectivity index (χ2n) is 9.43. The Labute approximate surface area is 246 Å². The summed E-state index contributed by atoms with van der Waals surface area (Å²) in [6, 6.07) is 5.96. The molecule has 2 aromatic rings. The van der Waals surface area contributed by atoms with Crippen molar-refractivity contribution < 1.29 is 56.2 Å². The molecule has 14 heteroatoms. The van der Waals surface area contributed by atoms with E-state index in [0.717, 1.165) is 56.1 Å². The van der Waals surface area contributed by atoms with E-state index in [9.17, 15) is 35.9 Å². The van der Waals surface area contributed by atoms with Crippen molar-refractivity contribution in [2.75, 3.05) is 0 Å². The van der Waals surface area contributed by atoms with Gasteiger partial charge >= 0.3 is 31.4 Å². The fourth-order valence-corrected chi connectivity index (χ4v) is 4.72. The number of hydrogen-bond donors (Lipinski definition) is 4. The van der Waals surface area contributed by atoms with Gasteiger partial charge < -0.3 is 20.3 Å². The zero-order valence-electron chi connectivity index (χ0n) is 22.1. The first-order valence-corrected chi connectivity index (χ1v) is 13.6. The van der Waals surface area contributed by atoms with Gasteiger partial charge in [-0.1, -0.05) is 34.1 Å². The number of benzene rings is 2. The molecule has 0 saturated heterocycles. The Morgan fingerprint density at radius 3 is 1.62 bits per heavy atom. The Bertz CT molecular complexity index is 1320. The maximum absolute atomic E-state index is 13.0. The van der Waals surface area contributed by atoms with Crippen LogP contribution in [0.15, 0.2) is 58.5 Å². The van der Waals surface area contributed by atoms with E-state index >= 15 is 0 Å². The highest BCUT2D eigenvalue weighted by molar-refractivity contribution is 9.10. The minimum absolute atomic E-state index is 0.109. The molecule has 2 aliphatic carbocycles. The predicted molar refractivity (Wildman–Crippen MR) is 148 cm³/mol. The van der Waals surface area contributed by atoms with Crippen LogP contribution in [0.25, 0.3) is 5.57 Å². The Balaban J connectivity index is 0.000000235. The SMILES string of the molecule is O=C(O)c1ccc(Br)c(C(F)(F)F)c1.O=C(O)c1ccc(C2=CCCCC2)c(C(F)(F)F)c1.OB(O)C1=CCCCC1. The van der Waals surface area contributed by atoms with Crippen molar-refractivity contribution >= 4 is 40.6 Å². The molecule has 0 bridgehead atoms. The summed E-state index contributed by atoms with van der Waals surface area (Å²) in [4.78, 5) is 21.2. The number of halogens is 7. The van der Waals surface area contributed by atoms with Crippen molar-refractivity contribution in [3.63, 3.8) is 0 Å². The van der Waals surface area contributed by atoms with Gasteiger partial charge in [0.05, 0.1) is 22.3 Å². The molecule has 0 aromatic heterocycles. The van der Waals surface area contributed by atoms with Crippen LogP contribution in [0.1, 0.15) is 88.8 Å². The van der Waals surface area contributed by atoms with E-state index in [-0.39, 0.29) is 21.2 Å². The summed E-state index contributed by atoms with van der Waals surface area (Å²) in [6.45, 7) is 0. The van der Waals surface area contributed by atoms with E-state index < -0.39 is 42.5 Å². The number of hydrogen-bond acceptors (Lipinski definition) is 4. The van der Waals surface area contributed by atoms with E-state index in [2.05, 4.69) is 15.9 Å². The Morgan fingerprint density at radius 2 is 1.21 bits per heavy atom. The van der Waals surface area contributed by atoms with Gasteiger partial charge in [-0.2, -0.15) is 26.3 Å². The summed E-state index contributed by atoms with van der Waals surface area (Å²) in [6.07, 6.45) is 2.03. The van der Waals surface area contributed by atoms with Gasteiger partial charge in [-0.25, -0.2) is 9.59 Å². The first-order valence-electron chi connectivity index (χ1n) is 12.8. The topological polar surface area (TPSA) is 115 Å². The summed E-state index contributed by atoms with van der Waals surface area (Å²) in [5, 5.41) is 34.6. The summed E-state index contributed by atoms with van der Waals surface area (Å²) < 4.78 is 75.7. The third-order valence-corrected chi connectivity index (χ3v) is 7.08. The summed E-state index contributed by atoms with van der Waals surface area (Å²) in [7, 11) is -1.20.